The molecule has 0 radical (unpaired) electrons. The predicted octanol–water partition coefficient (Wildman–Crippen LogP) is 3.72. The molecule has 0 aliphatic carbocycles. The smallest absolute Gasteiger partial charge is 0.253 e. The van der Waals surface area contributed by atoms with Gasteiger partial charge >= 0.3 is 0 Å². The minimum Gasteiger partial charge on any atom is -0.368 e. The van der Waals surface area contributed by atoms with Gasteiger partial charge in [-0.1, -0.05) is 42.5 Å². The molecule has 1 aliphatic rings. The predicted molar refractivity (Wildman–Crippen MR) is 132 cm³/mol. The molecule has 3 N–H and O–H groups in total. The lowest BCUT2D eigenvalue weighted by Gasteiger charge is -2.14. The largest absolute Gasteiger partial charge is 0.368 e. The van der Waals surface area contributed by atoms with Crippen molar-refractivity contribution in [2.24, 2.45) is 4.99 Å². The Balaban J connectivity index is 0.00000320. The summed E-state index contributed by atoms with van der Waals surface area (Å²) in [4.78, 5) is 16.5. The van der Waals surface area contributed by atoms with Gasteiger partial charge in [0.2, 0.25) is 0 Å². The van der Waals surface area contributed by atoms with Crippen LogP contribution in [0.3, 0.4) is 0 Å². The minimum atomic E-state index is -0.323. The average Bonchev–Trinajstić information content (AvgIpc) is 3.29. The van der Waals surface area contributed by atoms with Gasteiger partial charge in [0.15, 0.2) is 5.96 Å². The fourth-order valence-corrected chi connectivity index (χ4v) is 3.32. The quantitative estimate of drug-likeness (QED) is 0.214. The normalized spacial score (nSPS) is 15.9. The van der Waals surface area contributed by atoms with Gasteiger partial charge in [-0.05, 0) is 48.9 Å². The van der Waals surface area contributed by atoms with Crippen molar-refractivity contribution in [2.45, 2.75) is 38.3 Å². The van der Waals surface area contributed by atoms with Crippen LogP contribution in [0.5, 0.6) is 0 Å². The Labute approximate surface area is 195 Å². The number of halogens is 1. The molecule has 2 aromatic rings. The van der Waals surface area contributed by atoms with Crippen LogP contribution in [-0.4, -0.2) is 38.2 Å². The van der Waals surface area contributed by atoms with Gasteiger partial charge in [-0.25, -0.2) is 0 Å². The summed E-state index contributed by atoms with van der Waals surface area (Å²) in [7, 11) is 1.77. The van der Waals surface area contributed by atoms with E-state index in [0.29, 0.717) is 13.2 Å². The Kier molecular flexibility index (Phi) is 10.6. The van der Waals surface area contributed by atoms with Crippen LogP contribution in [0.15, 0.2) is 59.6 Å². The van der Waals surface area contributed by atoms with Crippen LogP contribution < -0.4 is 16.0 Å². The highest BCUT2D eigenvalue weighted by atomic mass is 127. The Morgan fingerprint density at radius 2 is 1.90 bits per heavy atom. The Morgan fingerprint density at radius 1 is 1.10 bits per heavy atom. The lowest BCUT2D eigenvalue weighted by molar-refractivity contribution is -0.124. The van der Waals surface area contributed by atoms with Crippen LogP contribution in [0, 0.1) is 0 Å². The number of hydrogen-bond donors (Lipinski definition) is 3. The van der Waals surface area contributed by atoms with Crippen LogP contribution in [-0.2, 0) is 22.5 Å². The number of aryl methyl sites for hydroxylation is 1. The van der Waals surface area contributed by atoms with E-state index in [1.54, 1.807) is 7.05 Å². The zero-order valence-electron chi connectivity index (χ0n) is 17.4. The molecular formula is C23H31IN4O2. The average molecular weight is 522 g/mol. The number of carbonyl (C=O) groups excluding carboxylic acids is 1. The SMILES string of the molecule is CN=C(NCCCc1ccccc1)NCc1cccc(NC(=O)C2CCCO2)c1.I. The number of nitrogens with zero attached hydrogens (tertiary/aromatic N) is 1. The number of benzene rings is 2. The molecule has 6 nitrogen and oxygen atoms in total. The second-order valence-electron chi connectivity index (χ2n) is 7.13. The zero-order valence-corrected chi connectivity index (χ0v) is 19.7. The molecule has 162 valence electrons. The van der Waals surface area contributed by atoms with Crippen molar-refractivity contribution < 1.29 is 9.53 Å². The maximum Gasteiger partial charge on any atom is 0.253 e. The van der Waals surface area contributed by atoms with E-state index >= 15 is 0 Å². The van der Waals surface area contributed by atoms with E-state index in [1.165, 1.54) is 5.56 Å². The molecule has 1 unspecified atom stereocenters. The van der Waals surface area contributed by atoms with Crippen molar-refractivity contribution >= 4 is 41.5 Å². The Bertz CT molecular complexity index is 808. The first-order valence-electron chi connectivity index (χ1n) is 10.2. The molecule has 1 amide bonds. The molecule has 1 aliphatic heterocycles. The van der Waals surface area contributed by atoms with Crippen molar-refractivity contribution in [1.29, 1.82) is 0 Å². The number of rotatable bonds is 8. The van der Waals surface area contributed by atoms with Crippen molar-refractivity contribution in [3.05, 3.63) is 65.7 Å². The highest BCUT2D eigenvalue weighted by molar-refractivity contribution is 14.0. The third kappa shape index (κ3) is 7.95. The molecule has 0 saturated carbocycles. The summed E-state index contributed by atoms with van der Waals surface area (Å²) in [6, 6.07) is 18.3. The van der Waals surface area contributed by atoms with Gasteiger partial charge in [0, 0.05) is 32.4 Å². The first kappa shape index (κ1) is 24.1. The number of carbonyl (C=O) groups is 1. The van der Waals surface area contributed by atoms with Crippen LogP contribution in [0.4, 0.5) is 5.69 Å². The lowest BCUT2D eigenvalue weighted by atomic mass is 10.1. The first-order valence-corrected chi connectivity index (χ1v) is 10.2. The van der Waals surface area contributed by atoms with Crippen molar-refractivity contribution in [3.63, 3.8) is 0 Å². The van der Waals surface area contributed by atoms with Crippen LogP contribution in [0.2, 0.25) is 0 Å². The van der Waals surface area contributed by atoms with Gasteiger partial charge in [-0.3, -0.25) is 9.79 Å². The molecule has 0 spiro atoms. The number of anilines is 1. The Morgan fingerprint density at radius 3 is 2.63 bits per heavy atom. The lowest BCUT2D eigenvalue weighted by Crippen LogP contribution is -2.37. The van der Waals surface area contributed by atoms with Gasteiger partial charge < -0.3 is 20.7 Å². The fraction of sp³-hybridized carbons (Fsp3) is 0.391. The molecule has 3 rings (SSSR count). The van der Waals surface area contributed by atoms with Crippen LogP contribution in [0.25, 0.3) is 0 Å². The topological polar surface area (TPSA) is 74.8 Å². The number of ether oxygens (including phenoxy) is 1. The second-order valence-corrected chi connectivity index (χ2v) is 7.13. The number of nitrogens with one attached hydrogen (secondary N) is 3. The second kappa shape index (κ2) is 13.2. The molecule has 1 saturated heterocycles. The number of guanidine groups is 1. The maximum atomic E-state index is 12.2. The van der Waals surface area contributed by atoms with Gasteiger partial charge in [-0.2, -0.15) is 0 Å². The van der Waals surface area contributed by atoms with Crippen LogP contribution in [0.1, 0.15) is 30.4 Å². The summed E-state index contributed by atoms with van der Waals surface area (Å²) in [6.07, 6.45) is 3.49. The van der Waals surface area contributed by atoms with Gasteiger partial charge in [-0.15, -0.1) is 24.0 Å². The highest BCUT2D eigenvalue weighted by Gasteiger charge is 2.23. The summed E-state index contributed by atoms with van der Waals surface area (Å²) in [6.45, 7) is 2.15. The van der Waals surface area contributed by atoms with Crippen molar-refractivity contribution in [1.82, 2.24) is 10.6 Å². The van der Waals surface area contributed by atoms with E-state index in [9.17, 15) is 4.79 Å². The molecule has 0 bridgehead atoms. The van der Waals surface area contributed by atoms with E-state index in [-0.39, 0.29) is 36.0 Å². The minimum absolute atomic E-state index is 0. The summed E-state index contributed by atoms with van der Waals surface area (Å²) < 4.78 is 5.44. The van der Waals surface area contributed by atoms with Gasteiger partial charge in [0.1, 0.15) is 6.10 Å². The van der Waals surface area contributed by atoms with E-state index < -0.39 is 0 Å². The third-order valence-corrected chi connectivity index (χ3v) is 4.88. The number of hydrogen-bond acceptors (Lipinski definition) is 3. The van der Waals surface area contributed by atoms with E-state index in [4.69, 9.17) is 4.74 Å². The molecule has 1 atom stereocenters. The van der Waals surface area contributed by atoms with Crippen molar-refractivity contribution in [2.75, 3.05) is 25.5 Å². The molecule has 7 heteroatoms. The van der Waals surface area contributed by atoms with Gasteiger partial charge in [0.25, 0.3) is 5.91 Å². The summed E-state index contributed by atoms with van der Waals surface area (Å²) in [5.74, 6) is 0.704. The van der Waals surface area contributed by atoms with E-state index in [0.717, 1.165) is 49.4 Å². The monoisotopic (exact) mass is 522 g/mol. The first-order chi connectivity index (χ1) is 14.2. The third-order valence-electron chi connectivity index (χ3n) is 4.88. The summed E-state index contributed by atoms with van der Waals surface area (Å²) in [5.41, 5.74) is 3.21. The molecule has 2 aromatic carbocycles. The highest BCUT2D eigenvalue weighted by Crippen LogP contribution is 2.16. The van der Waals surface area contributed by atoms with E-state index in [2.05, 4.69) is 45.2 Å². The maximum absolute atomic E-state index is 12.2. The summed E-state index contributed by atoms with van der Waals surface area (Å²) in [5, 5.41) is 9.61. The molecule has 1 heterocycles. The van der Waals surface area contributed by atoms with Crippen LogP contribution >= 0.6 is 24.0 Å². The number of amides is 1. The molecule has 1 fully saturated rings. The van der Waals surface area contributed by atoms with E-state index in [1.807, 2.05) is 30.3 Å². The standard InChI is InChI=1S/C23H30N4O2.HI/c1-24-23(25-14-6-11-18-8-3-2-4-9-18)26-17-19-10-5-12-20(16-19)27-22(28)21-13-7-15-29-21;/h2-5,8-10,12,16,21H,6-7,11,13-15,17H2,1H3,(H,27,28)(H2,24,25,26);1H. The van der Waals surface area contributed by atoms with Crippen molar-refractivity contribution in [3.8, 4) is 0 Å². The van der Waals surface area contributed by atoms with Gasteiger partial charge in [0.05, 0.1) is 0 Å². The molecule has 30 heavy (non-hydrogen) atoms. The zero-order chi connectivity index (χ0) is 20.3. The molecular weight excluding hydrogens is 491 g/mol. The molecule has 0 aromatic heterocycles. The summed E-state index contributed by atoms with van der Waals surface area (Å²) >= 11 is 0. The Hall–Kier alpha value is -2.13. The fourth-order valence-electron chi connectivity index (χ4n) is 3.32. The number of aliphatic imine (C=N–C) groups is 1.